The van der Waals surface area contributed by atoms with Crippen molar-refractivity contribution in [1.29, 1.82) is 0 Å². The Labute approximate surface area is 124 Å². The van der Waals surface area contributed by atoms with Crippen LogP contribution in [0.5, 0.6) is 5.75 Å². The first-order valence-corrected chi connectivity index (χ1v) is 6.89. The normalized spacial score (nSPS) is 12.1. The van der Waals surface area contributed by atoms with Crippen molar-refractivity contribution in [2.45, 2.75) is 26.7 Å². The number of carbonyl (C=O) groups is 1. The van der Waals surface area contributed by atoms with Crippen molar-refractivity contribution >= 4 is 17.9 Å². The Morgan fingerprint density at radius 2 is 1.95 bits per heavy atom. The third-order valence-corrected chi connectivity index (χ3v) is 2.71. The van der Waals surface area contributed by atoms with Crippen LogP contribution in [-0.2, 0) is 9.53 Å². The molecule has 0 aliphatic heterocycles. The van der Waals surface area contributed by atoms with E-state index in [0.717, 1.165) is 12.2 Å². The van der Waals surface area contributed by atoms with Gasteiger partial charge in [-0.2, -0.15) is 0 Å². The first-order valence-electron chi connectivity index (χ1n) is 6.89. The first-order chi connectivity index (χ1) is 10.1. The first kappa shape index (κ1) is 16.8. The highest BCUT2D eigenvalue weighted by Crippen LogP contribution is 2.18. The molecule has 0 radical (unpaired) electrons. The molecule has 5 heteroatoms. The predicted molar refractivity (Wildman–Crippen MR) is 82.3 cm³/mol. The van der Waals surface area contributed by atoms with E-state index >= 15 is 0 Å². The number of allylic oxidation sites excluding steroid dienone is 1. The maximum absolute atomic E-state index is 11.8. The Morgan fingerprint density at radius 3 is 2.48 bits per heavy atom. The van der Waals surface area contributed by atoms with Gasteiger partial charge in [-0.1, -0.05) is 6.92 Å². The number of aliphatic hydroxyl groups excluding tert-OH is 1. The largest absolute Gasteiger partial charge is 0.511 e. The molecule has 1 aromatic carbocycles. The van der Waals surface area contributed by atoms with Crippen LogP contribution in [0.4, 0.5) is 5.69 Å². The minimum atomic E-state index is -0.569. The molecule has 0 aliphatic rings. The summed E-state index contributed by atoms with van der Waals surface area (Å²) in [5.41, 5.74) is 0.747. The van der Waals surface area contributed by atoms with E-state index in [1.54, 1.807) is 38.3 Å². The van der Waals surface area contributed by atoms with Crippen LogP contribution in [0.1, 0.15) is 26.7 Å². The molecule has 0 bridgehead atoms. The van der Waals surface area contributed by atoms with Crippen LogP contribution in [0.15, 0.2) is 40.6 Å². The zero-order valence-corrected chi connectivity index (χ0v) is 12.6. The number of nitrogens with zero attached hydrogens (tertiary/aromatic N) is 1. The Balaban J connectivity index is 2.96. The fourth-order valence-electron chi connectivity index (χ4n) is 1.63. The smallest absolute Gasteiger partial charge is 0.343 e. The average molecular weight is 291 g/mol. The molecule has 1 aromatic rings. The summed E-state index contributed by atoms with van der Waals surface area (Å²) in [5, 5.41) is 9.93. The van der Waals surface area contributed by atoms with Crippen molar-refractivity contribution in [3.63, 3.8) is 0 Å². The van der Waals surface area contributed by atoms with Gasteiger partial charge in [-0.3, -0.25) is 4.99 Å². The number of aliphatic imine (C=N–C) groups is 1. The van der Waals surface area contributed by atoms with Gasteiger partial charge >= 0.3 is 5.97 Å². The summed E-state index contributed by atoms with van der Waals surface area (Å²) in [7, 11) is 1.59. The summed E-state index contributed by atoms with van der Waals surface area (Å²) in [6.07, 6.45) is 2.47. The van der Waals surface area contributed by atoms with E-state index in [0.29, 0.717) is 12.1 Å². The van der Waals surface area contributed by atoms with Crippen LogP contribution in [0, 0.1) is 0 Å². The monoisotopic (exact) mass is 291 g/mol. The van der Waals surface area contributed by atoms with Crippen LogP contribution >= 0.6 is 0 Å². The van der Waals surface area contributed by atoms with E-state index in [4.69, 9.17) is 9.47 Å². The highest BCUT2D eigenvalue weighted by molar-refractivity contribution is 6.10. The molecule has 1 rings (SSSR count). The van der Waals surface area contributed by atoms with Crippen LogP contribution in [0.25, 0.3) is 0 Å². The lowest BCUT2D eigenvalue weighted by Crippen LogP contribution is -2.11. The van der Waals surface area contributed by atoms with Crippen molar-refractivity contribution < 1.29 is 19.4 Å². The van der Waals surface area contributed by atoms with Gasteiger partial charge in [0.2, 0.25) is 0 Å². The number of hydrogen-bond acceptors (Lipinski definition) is 5. The maximum atomic E-state index is 11.8. The van der Waals surface area contributed by atoms with Gasteiger partial charge in [0.1, 0.15) is 17.1 Å². The van der Waals surface area contributed by atoms with E-state index in [1.807, 2.05) is 6.92 Å². The molecule has 0 saturated carbocycles. The molecule has 0 spiro atoms. The van der Waals surface area contributed by atoms with Crippen LogP contribution in [0.2, 0.25) is 0 Å². The molecule has 1 N–H and O–H groups in total. The number of rotatable bonds is 7. The zero-order chi connectivity index (χ0) is 15.7. The molecule has 0 atom stereocenters. The standard InChI is InChI=1S/C16H21NO4/c1-4-6-15(18)14(16(19)21-5-2)11-17-12-7-9-13(20-3)10-8-12/h7-11,18H,4-6H2,1-3H3/b15-14-,17-11?. The van der Waals surface area contributed by atoms with Crippen molar-refractivity contribution in [3.05, 3.63) is 35.6 Å². The summed E-state index contributed by atoms with van der Waals surface area (Å²) in [6, 6.07) is 7.06. The topological polar surface area (TPSA) is 68.1 Å². The van der Waals surface area contributed by atoms with E-state index in [-0.39, 0.29) is 17.9 Å². The van der Waals surface area contributed by atoms with Gasteiger partial charge in [0.15, 0.2) is 0 Å². The summed E-state index contributed by atoms with van der Waals surface area (Å²) < 4.78 is 9.99. The quantitative estimate of drug-likeness (QED) is 0.361. The lowest BCUT2D eigenvalue weighted by Gasteiger charge is -2.05. The van der Waals surface area contributed by atoms with Gasteiger partial charge in [0.25, 0.3) is 0 Å². The fourth-order valence-corrected chi connectivity index (χ4v) is 1.63. The Morgan fingerprint density at radius 1 is 1.29 bits per heavy atom. The molecule has 5 nitrogen and oxygen atoms in total. The second-order valence-corrected chi connectivity index (χ2v) is 4.29. The summed E-state index contributed by atoms with van der Waals surface area (Å²) in [4.78, 5) is 16.0. The lowest BCUT2D eigenvalue weighted by atomic mass is 10.1. The minimum absolute atomic E-state index is 0.00629. The molecule has 21 heavy (non-hydrogen) atoms. The van der Waals surface area contributed by atoms with E-state index in [2.05, 4.69) is 4.99 Å². The van der Waals surface area contributed by atoms with E-state index in [9.17, 15) is 9.90 Å². The molecule has 0 unspecified atom stereocenters. The van der Waals surface area contributed by atoms with Crippen molar-refractivity contribution in [2.75, 3.05) is 13.7 Å². The van der Waals surface area contributed by atoms with Crippen LogP contribution < -0.4 is 4.74 Å². The van der Waals surface area contributed by atoms with Gasteiger partial charge in [0, 0.05) is 12.6 Å². The highest BCUT2D eigenvalue weighted by Gasteiger charge is 2.14. The maximum Gasteiger partial charge on any atom is 0.343 e. The minimum Gasteiger partial charge on any atom is -0.511 e. The number of ether oxygens (including phenoxy) is 2. The number of esters is 1. The number of methoxy groups -OCH3 is 1. The zero-order valence-electron chi connectivity index (χ0n) is 12.6. The summed E-state index contributed by atoms with van der Waals surface area (Å²) >= 11 is 0. The Bertz CT molecular complexity index is 518. The Hall–Kier alpha value is -2.30. The molecule has 114 valence electrons. The van der Waals surface area contributed by atoms with E-state index < -0.39 is 5.97 Å². The van der Waals surface area contributed by atoms with Crippen molar-refractivity contribution in [1.82, 2.24) is 0 Å². The molecule has 0 fully saturated rings. The SMILES string of the molecule is CCC/C(O)=C(\C=Nc1ccc(OC)cc1)C(=O)OCC. The molecule has 0 aromatic heterocycles. The average Bonchev–Trinajstić information content (AvgIpc) is 2.48. The van der Waals surface area contributed by atoms with E-state index in [1.165, 1.54) is 6.21 Å². The fraction of sp³-hybridized carbons (Fsp3) is 0.375. The second-order valence-electron chi connectivity index (χ2n) is 4.29. The van der Waals surface area contributed by atoms with Gasteiger partial charge in [-0.05, 0) is 37.6 Å². The van der Waals surface area contributed by atoms with Gasteiger partial charge in [-0.15, -0.1) is 0 Å². The van der Waals surface area contributed by atoms with Gasteiger partial charge in [0.05, 0.1) is 19.4 Å². The predicted octanol–water partition coefficient (Wildman–Crippen LogP) is 3.57. The second kappa shape index (κ2) is 8.79. The molecular formula is C16H21NO4. The van der Waals surface area contributed by atoms with Crippen molar-refractivity contribution in [3.8, 4) is 5.75 Å². The summed E-state index contributed by atoms with van der Waals surface area (Å²) in [6.45, 7) is 3.88. The molecule has 0 aliphatic carbocycles. The van der Waals surface area contributed by atoms with Crippen molar-refractivity contribution in [2.24, 2.45) is 4.99 Å². The highest BCUT2D eigenvalue weighted by atomic mass is 16.5. The molecule has 0 amide bonds. The molecule has 0 heterocycles. The van der Waals surface area contributed by atoms with Crippen LogP contribution in [-0.4, -0.2) is 31.0 Å². The molecule has 0 saturated heterocycles. The van der Waals surface area contributed by atoms with Crippen LogP contribution in [0.3, 0.4) is 0 Å². The lowest BCUT2D eigenvalue weighted by molar-refractivity contribution is -0.138. The third kappa shape index (κ3) is 5.30. The number of hydrogen-bond donors (Lipinski definition) is 1. The number of benzene rings is 1. The number of aliphatic hydroxyl groups is 1. The summed E-state index contributed by atoms with van der Waals surface area (Å²) in [5.74, 6) is 0.151. The van der Waals surface area contributed by atoms with Gasteiger partial charge in [-0.25, -0.2) is 4.79 Å². The number of carbonyl (C=O) groups excluding carboxylic acids is 1. The molecular weight excluding hydrogens is 270 g/mol. The third-order valence-electron chi connectivity index (χ3n) is 2.71. The Kier molecular flexibility index (Phi) is 7.01. The van der Waals surface area contributed by atoms with Gasteiger partial charge < -0.3 is 14.6 Å².